The molecule has 0 aliphatic heterocycles. The average Bonchev–Trinajstić information content (AvgIpc) is 2.44. The zero-order chi connectivity index (χ0) is 14.1. The molecule has 112 valence electrons. The number of ether oxygens (including phenoxy) is 1. The largest absolute Gasteiger partial charge is 0.383 e. The molecule has 2 atom stereocenters. The Morgan fingerprint density at radius 1 is 1.37 bits per heavy atom. The summed E-state index contributed by atoms with van der Waals surface area (Å²) in [6, 6.07) is 0. The first-order chi connectivity index (χ1) is 9.19. The minimum Gasteiger partial charge on any atom is -0.383 e. The first-order valence-electron chi connectivity index (χ1n) is 7.34. The predicted octanol–water partition coefficient (Wildman–Crippen LogP) is 0.446. The fraction of sp³-hybridized carbons (Fsp3) is 0.929. The van der Waals surface area contributed by atoms with E-state index < -0.39 is 0 Å². The van der Waals surface area contributed by atoms with E-state index in [0.29, 0.717) is 19.0 Å². The molecule has 19 heavy (non-hydrogen) atoms. The van der Waals surface area contributed by atoms with E-state index >= 15 is 0 Å². The average molecular weight is 271 g/mol. The lowest BCUT2D eigenvalue weighted by Gasteiger charge is -2.29. The molecule has 0 spiro atoms. The van der Waals surface area contributed by atoms with Crippen LogP contribution in [0.15, 0.2) is 0 Å². The van der Waals surface area contributed by atoms with Gasteiger partial charge in [0, 0.05) is 32.7 Å². The number of carbonyl (C=O) groups is 1. The van der Waals surface area contributed by atoms with Crippen LogP contribution in [-0.2, 0) is 9.53 Å². The second kappa shape index (κ2) is 9.28. The molecular formula is C14H29N3O2. The highest BCUT2D eigenvalue weighted by molar-refractivity contribution is 5.79. The first-order valence-corrected chi connectivity index (χ1v) is 7.34. The van der Waals surface area contributed by atoms with Crippen molar-refractivity contribution in [2.75, 3.05) is 46.9 Å². The molecule has 1 fully saturated rings. The Kier molecular flexibility index (Phi) is 8.02. The van der Waals surface area contributed by atoms with Gasteiger partial charge in [0.25, 0.3) is 0 Å². The lowest BCUT2D eigenvalue weighted by Crippen LogP contribution is -2.42. The van der Waals surface area contributed by atoms with Gasteiger partial charge in [0.2, 0.25) is 5.91 Å². The van der Waals surface area contributed by atoms with Crippen molar-refractivity contribution in [1.82, 2.24) is 10.2 Å². The molecular weight excluding hydrogens is 242 g/mol. The smallest absolute Gasteiger partial charge is 0.223 e. The summed E-state index contributed by atoms with van der Waals surface area (Å²) in [5.41, 5.74) is 5.76. The van der Waals surface area contributed by atoms with Crippen LogP contribution in [0.2, 0.25) is 0 Å². The van der Waals surface area contributed by atoms with E-state index in [4.69, 9.17) is 10.5 Å². The highest BCUT2D eigenvalue weighted by atomic mass is 16.5. The van der Waals surface area contributed by atoms with E-state index in [2.05, 4.69) is 10.2 Å². The number of nitrogens with zero attached hydrogens (tertiary/aromatic N) is 1. The van der Waals surface area contributed by atoms with Gasteiger partial charge in [0.15, 0.2) is 0 Å². The summed E-state index contributed by atoms with van der Waals surface area (Å²) in [7, 11) is 3.74. The summed E-state index contributed by atoms with van der Waals surface area (Å²) in [5.74, 6) is 0.693. The van der Waals surface area contributed by atoms with Crippen molar-refractivity contribution in [3.63, 3.8) is 0 Å². The number of carbonyl (C=O) groups excluding carboxylic acids is 1. The van der Waals surface area contributed by atoms with Crippen LogP contribution in [-0.4, -0.2) is 57.8 Å². The van der Waals surface area contributed by atoms with Gasteiger partial charge in [-0.2, -0.15) is 0 Å². The Balaban J connectivity index is 2.22. The standard InChI is InChI=1S/C14H29N3O2/c1-17(9-10-19-2)8-7-16-14(18)13-6-4-3-5-12(13)11-15/h12-13H,3-11,15H2,1-2H3,(H,16,18). The second-order valence-corrected chi connectivity index (χ2v) is 5.47. The third-order valence-corrected chi connectivity index (χ3v) is 4.02. The third kappa shape index (κ3) is 5.89. The molecule has 0 saturated heterocycles. The van der Waals surface area contributed by atoms with Crippen LogP contribution in [0, 0.1) is 11.8 Å². The number of nitrogens with two attached hydrogens (primary N) is 1. The molecule has 5 nitrogen and oxygen atoms in total. The van der Waals surface area contributed by atoms with Gasteiger partial charge in [-0.1, -0.05) is 12.8 Å². The van der Waals surface area contributed by atoms with Crippen LogP contribution in [0.5, 0.6) is 0 Å². The highest BCUT2D eigenvalue weighted by Gasteiger charge is 2.29. The molecule has 1 amide bonds. The third-order valence-electron chi connectivity index (χ3n) is 4.02. The molecule has 1 aliphatic carbocycles. The summed E-state index contributed by atoms with van der Waals surface area (Å²) in [6.07, 6.45) is 4.46. The molecule has 0 aromatic rings. The Bertz CT molecular complexity index is 261. The normalized spacial score (nSPS) is 23.6. The number of hydrogen-bond donors (Lipinski definition) is 2. The van der Waals surface area contributed by atoms with E-state index in [1.54, 1.807) is 7.11 Å². The molecule has 2 unspecified atom stereocenters. The van der Waals surface area contributed by atoms with Gasteiger partial charge in [0.1, 0.15) is 0 Å². The minimum atomic E-state index is 0.128. The number of rotatable bonds is 8. The molecule has 0 bridgehead atoms. The van der Waals surface area contributed by atoms with Crippen molar-refractivity contribution in [3.05, 3.63) is 0 Å². The van der Waals surface area contributed by atoms with Crippen molar-refractivity contribution in [2.45, 2.75) is 25.7 Å². The van der Waals surface area contributed by atoms with Crippen molar-refractivity contribution >= 4 is 5.91 Å². The summed E-state index contributed by atoms with van der Waals surface area (Å²) in [5, 5.41) is 3.05. The molecule has 0 radical (unpaired) electrons. The second-order valence-electron chi connectivity index (χ2n) is 5.47. The lowest BCUT2D eigenvalue weighted by molar-refractivity contribution is -0.127. The molecule has 0 aromatic heterocycles. The molecule has 3 N–H and O–H groups in total. The van der Waals surface area contributed by atoms with E-state index in [1.807, 2.05) is 7.05 Å². The number of methoxy groups -OCH3 is 1. The van der Waals surface area contributed by atoms with Gasteiger partial charge < -0.3 is 20.7 Å². The Morgan fingerprint density at radius 3 is 2.79 bits per heavy atom. The molecule has 0 heterocycles. The summed E-state index contributed by atoms with van der Waals surface area (Å²) in [4.78, 5) is 14.3. The van der Waals surface area contributed by atoms with Crippen molar-refractivity contribution < 1.29 is 9.53 Å². The Morgan fingerprint density at radius 2 is 2.11 bits per heavy atom. The fourth-order valence-corrected chi connectivity index (χ4v) is 2.69. The Hall–Kier alpha value is -0.650. The van der Waals surface area contributed by atoms with Gasteiger partial charge in [-0.3, -0.25) is 4.79 Å². The van der Waals surface area contributed by atoms with Crippen LogP contribution in [0.4, 0.5) is 0 Å². The van der Waals surface area contributed by atoms with Crippen molar-refractivity contribution in [3.8, 4) is 0 Å². The minimum absolute atomic E-state index is 0.128. The number of hydrogen-bond acceptors (Lipinski definition) is 4. The van der Waals surface area contributed by atoms with E-state index in [0.717, 1.165) is 39.0 Å². The van der Waals surface area contributed by atoms with Crippen LogP contribution in [0.3, 0.4) is 0 Å². The predicted molar refractivity (Wildman–Crippen MR) is 76.9 cm³/mol. The highest BCUT2D eigenvalue weighted by Crippen LogP contribution is 2.29. The fourth-order valence-electron chi connectivity index (χ4n) is 2.69. The van der Waals surface area contributed by atoms with Gasteiger partial charge >= 0.3 is 0 Å². The maximum absolute atomic E-state index is 12.2. The maximum Gasteiger partial charge on any atom is 0.223 e. The van der Waals surface area contributed by atoms with Crippen molar-refractivity contribution in [2.24, 2.45) is 17.6 Å². The van der Waals surface area contributed by atoms with Gasteiger partial charge in [-0.25, -0.2) is 0 Å². The van der Waals surface area contributed by atoms with Crippen molar-refractivity contribution in [1.29, 1.82) is 0 Å². The molecule has 1 rings (SSSR count). The zero-order valence-corrected chi connectivity index (χ0v) is 12.4. The monoisotopic (exact) mass is 271 g/mol. The molecule has 1 aliphatic rings. The zero-order valence-electron chi connectivity index (χ0n) is 12.4. The van der Waals surface area contributed by atoms with Crippen LogP contribution < -0.4 is 11.1 Å². The first kappa shape index (κ1) is 16.4. The topological polar surface area (TPSA) is 67.6 Å². The van der Waals surface area contributed by atoms with Crippen LogP contribution in [0.25, 0.3) is 0 Å². The lowest BCUT2D eigenvalue weighted by atomic mass is 9.79. The summed E-state index contributed by atoms with van der Waals surface area (Å²) < 4.78 is 5.02. The van der Waals surface area contributed by atoms with E-state index in [-0.39, 0.29) is 11.8 Å². The summed E-state index contributed by atoms with van der Waals surface area (Å²) >= 11 is 0. The quantitative estimate of drug-likeness (QED) is 0.672. The Labute approximate surface area is 116 Å². The number of nitrogens with one attached hydrogen (secondary N) is 1. The molecule has 1 saturated carbocycles. The number of amides is 1. The van der Waals surface area contributed by atoms with Gasteiger partial charge in [0.05, 0.1) is 6.61 Å². The SMILES string of the molecule is COCCN(C)CCNC(=O)C1CCCCC1CN. The number of likely N-dealkylation sites (N-methyl/N-ethyl adjacent to an activating group) is 1. The van der Waals surface area contributed by atoms with Gasteiger partial charge in [-0.15, -0.1) is 0 Å². The maximum atomic E-state index is 12.2. The summed E-state index contributed by atoms with van der Waals surface area (Å²) in [6.45, 7) is 3.80. The van der Waals surface area contributed by atoms with E-state index in [9.17, 15) is 4.79 Å². The van der Waals surface area contributed by atoms with Gasteiger partial charge in [-0.05, 0) is 32.4 Å². The van der Waals surface area contributed by atoms with Crippen LogP contribution in [0.1, 0.15) is 25.7 Å². The van der Waals surface area contributed by atoms with Crippen LogP contribution >= 0.6 is 0 Å². The molecule has 5 heteroatoms. The molecule has 0 aromatic carbocycles. The van der Waals surface area contributed by atoms with E-state index in [1.165, 1.54) is 6.42 Å².